The van der Waals surface area contributed by atoms with Gasteiger partial charge in [-0.3, -0.25) is 14.3 Å². The van der Waals surface area contributed by atoms with Crippen LogP contribution in [-0.2, 0) is 11.3 Å². The molecule has 4 rings (SSSR count). The van der Waals surface area contributed by atoms with Crippen LogP contribution < -0.4 is 5.69 Å². The second-order valence-electron chi connectivity index (χ2n) is 6.89. The van der Waals surface area contributed by atoms with E-state index in [1.165, 1.54) is 25.7 Å². The Morgan fingerprint density at radius 1 is 1.08 bits per heavy atom. The molecule has 1 saturated heterocycles. The van der Waals surface area contributed by atoms with Crippen LogP contribution in [0.1, 0.15) is 25.7 Å². The summed E-state index contributed by atoms with van der Waals surface area (Å²) in [5.41, 5.74) is 1.36. The van der Waals surface area contributed by atoms with Crippen LogP contribution in [0.3, 0.4) is 0 Å². The van der Waals surface area contributed by atoms with E-state index < -0.39 is 0 Å². The molecule has 2 aliphatic rings. The number of nitrogens with one attached hydrogen (secondary N) is 1. The highest BCUT2D eigenvalue weighted by molar-refractivity contribution is 5.80. The fourth-order valence-corrected chi connectivity index (χ4v) is 4.10. The lowest BCUT2D eigenvalue weighted by molar-refractivity contribution is -0.133. The molecule has 0 bridgehead atoms. The molecule has 2 fully saturated rings. The van der Waals surface area contributed by atoms with Crippen LogP contribution in [-0.4, -0.2) is 57.5 Å². The first-order valence-electron chi connectivity index (χ1n) is 8.92. The number of para-hydroxylation sites is 2. The highest BCUT2D eigenvalue weighted by Crippen LogP contribution is 2.24. The monoisotopic (exact) mass is 328 g/mol. The van der Waals surface area contributed by atoms with Crippen molar-refractivity contribution in [2.24, 2.45) is 0 Å². The molecule has 1 amide bonds. The number of carbonyl (C=O) groups excluding carboxylic acids is 1. The maximum absolute atomic E-state index is 12.6. The normalized spacial score (nSPS) is 20.1. The predicted molar refractivity (Wildman–Crippen MR) is 93.0 cm³/mol. The molecular formula is C18H24N4O2. The standard InChI is InChI=1S/C18H24N4O2/c23-17(13-22-16-8-4-3-7-15(16)19-18(22)24)21-11-9-20(10-12-21)14-5-1-2-6-14/h3-4,7-8,14H,1-2,5-6,9-13H2,(H,19,24). The van der Waals surface area contributed by atoms with Crippen molar-refractivity contribution in [2.75, 3.05) is 26.2 Å². The van der Waals surface area contributed by atoms with E-state index in [4.69, 9.17) is 0 Å². The van der Waals surface area contributed by atoms with Crippen molar-refractivity contribution < 1.29 is 4.79 Å². The lowest BCUT2D eigenvalue weighted by Crippen LogP contribution is -2.52. The van der Waals surface area contributed by atoms with E-state index in [9.17, 15) is 9.59 Å². The number of hydrogen-bond donors (Lipinski definition) is 1. The zero-order chi connectivity index (χ0) is 16.5. The summed E-state index contributed by atoms with van der Waals surface area (Å²) in [6, 6.07) is 8.22. The minimum Gasteiger partial charge on any atom is -0.339 e. The van der Waals surface area contributed by atoms with Crippen molar-refractivity contribution in [3.05, 3.63) is 34.7 Å². The molecule has 0 radical (unpaired) electrons. The number of rotatable bonds is 3. The van der Waals surface area contributed by atoms with Crippen molar-refractivity contribution in [1.82, 2.24) is 19.4 Å². The van der Waals surface area contributed by atoms with Gasteiger partial charge in [-0.25, -0.2) is 4.79 Å². The van der Waals surface area contributed by atoms with Crippen molar-refractivity contribution in [3.8, 4) is 0 Å². The van der Waals surface area contributed by atoms with E-state index >= 15 is 0 Å². The highest BCUT2D eigenvalue weighted by Gasteiger charge is 2.28. The molecule has 1 aromatic carbocycles. The molecule has 2 aromatic rings. The molecule has 0 atom stereocenters. The van der Waals surface area contributed by atoms with Gasteiger partial charge < -0.3 is 9.88 Å². The van der Waals surface area contributed by atoms with Gasteiger partial charge in [0.25, 0.3) is 0 Å². The van der Waals surface area contributed by atoms with Crippen LogP contribution in [0.2, 0.25) is 0 Å². The van der Waals surface area contributed by atoms with Gasteiger partial charge >= 0.3 is 5.69 Å². The van der Waals surface area contributed by atoms with E-state index in [1.54, 1.807) is 4.57 Å². The average molecular weight is 328 g/mol. The summed E-state index contributed by atoms with van der Waals surface area (Å²) < 4.78 is 1.54. The van der Waals surface area contributed by atoms with Gasteiger partial charge in [-0.1, -0.05) is 25.0 Å². The number of carbonyl (C=O) groups is 1. The van der Waals surface area contributed by atoms with Crippen LogP contribution in [0, 0.1) is 0 Å². The first-order valence-corrected chi connectivity index (χ1v) is 8.92. The van der Waals surface area contributed by atoms with Gasteiger partial charge in [0.05, 0.1) is 11.0 Å². The van der Waals surface area contributed by atoms with Gasteiger partial charge in [0.15, 0.2) is 0 Å². The Labute approximate surface area is 141 Å². The van der Waals surface area contributed by atoms with E-state index in [-0.39, 0.29) is 18.1 Å². The third-order valence-electron chi connectivity index (χ3n) is 5.48. The first kappa shape index (κ1) is 15.4. The van der Waals surface area contributed by atoms with Gasteiger partial charge in [0.2, 0.25) is 5.91 Å². The summed E-state index contributed by atoms with van der Waals surface area (Å²) in [6.45, 7) is 3.57. The number of aromatic amines is 1. The van der Waals surface area contributed by atoms with Crippen LogP contribution in [0.4, 0.5) is 0 Å². The van der Waals surface area contributed by atoms with Crippen molar-refractivity contribution in [3.63, 3.8) is 0 Å². The van der Waals surface area contributed by atoms with Crippen LogP contribution in [0.15, 0.2) is 29.1 Å². The predicted octanol–water partition coefficient (Wildman–Crippen LogP) is 1.42. The zero-order valence-electron chi connectivity index (χ0n) is 13.9. The van der Waals surface area contributed by atoms with Crippen molar-refractivity contribution >= 4 is 16.9 Å². The number of H-pyrrole nitrogens is 1. The summed E-state index contributed by atoms with van der Waals surface area (Å²) >= 11 is 0. The van der Waals surface area contributed by atoms with E-state index in [0.717, 1.165) is 43.3 Å². The summed E-state index contributed by atoms with van der Waals surface area (Å²) in [6.07, 6.45) is 5.29. The first-order chi connectivity index (χ1) is 11.7. The lowest BCUT2D eigenvalue weighted by atomic mass is 10.2. The van der Waals surface area contributed by atoms with Gasteiger partial charge in [0.1, 0.15) is 6.54 Å². The van der Waals surface area contributed by atoms with Crippen LogP contribution >= 0.6 is 0 Å². The quantitative estimate of drug-likeness (QED) is 0.927. The maximum Gasteiger partial charge on any atom is 0.326 e. The number of benzene rings is 1. The molecule has 1 N–H and O–H groups in total. The molecule has 1 aromatic heterocycles. The molecule has 6 heteroatoms. The molecule has 2 heterocycles. The Hall–Kier alpha value is -2.08. The summed E-state index contributed by atoms with van der Waals surface area (Å²) in [5.74, 6) is 0.0351. The second-order valence-corrected chi connectivity index (χ2v) is 6.89. The van der Waals surface area contributed by atoms with Gasteiger partial charge in [0, 0.05) is 32.2 Å². The van der Waals surface area contributed by atoms with Crippen molar-refractivity contribution in [1.29, 1.82) is 0 Å². The smallest absolute Gasteiger partial charge is 0.326 e. The van der Waals surface area contributed by atoms with Gasteiger partial charge in [-0.05, 0) is 25.0 Å². The van der Waals surface area contributed by atoms with Crippen LogP contribution in [0.25, 0.3) is 11.0 Å². The molecule has 6 nitrogen and oxygen atoms in total. The second kappa shape index (κ2) is 6.43. The van der Waals surface area contributed by atoms with E-state index in [0.29, 0.717) is 0 Å². The largest absolute Gasteiger partial charge is 0.339 e. The number of piperazine rings is 1. The SMILES string of the molecule is O=C(Cn1c(=O)[nH]c2ccccc21)N1CCN(C2CCCC2)CC1. The number of amides is 1. The van der Waals surface area contributed by atoms with E-state index in [1.807, 2.05) is 29.2 Å². The highest BCUT2D eigenvalue weighted by atomic mass is 16.2. The van der Waals surface area contributed by atoms with E-state index in [2.05, 4.69) is 9.88 Å². The summed E-state index contributed by atoms with van der Waals surface area (Å²) in [7, 11) is 0. The molecule has 24 heavy (non-hydrogen) atoms. The Bertz CT molecular complexity index is 780. The Morgan fingerprint density at radius 3 is 2.54 bits per heavy atom. The van der Waals surface area contributed by atoms with Crippen molar-refractivity contribution in [2.45, 2.75) is 38.3 Å². The third kappa shape index (κ3) is 2.86. The maximum atomic E-state index is 12.6. The zero-order valence-corrected chi connectivity index (χ0v) is 13.9. The molecule has 1 aliphatic carbocycles. The Balaban J connectivity index is 1.41. The number of aromatic nitrogens is 2. The molecular weight excluding hydrogens is 304 g/mol. The number of fused-ring (bicyclic) bond motifs is 1. The minimum atomic E-state index is -0.214. The fraction of sp³-hybridized carbons (Fsp3) is 0.556. The van der Waals surface area contributed by atoms with Gasteiger partial charge in [-0.2, -0.15) is 0 Å². The summed E-state index contributed by atoms with van der Waals surface area (Å²) in [5, 5.41) is 0. The van der Waals surface area contributed by atoms with Crippen LogP contribution in [0.5, 0.6) is 0 Å². The Morgan fingerprint density at radius 2 is 1.79 bits per heavy atom. The Kier molecular flexibility index (Phi) is 4.14. The molecule has 1 aliphatic heterocycles. The molecule has 1 saturated carbocycles. The minimum absolute atomic E-state index is 0.0351. The molecule has 0 unspecified atom stereocenters. The third-order valence-corrected chi connectivity index (χ3v) is 5.48. The van der Waals surface area contributed by atoms with Gasteiger partial charge in [-0.15, -0.1) is 0 Å². The number of hydrogen-bond acceptors (Lipinski definition) is 3. The fourth-order valence-electron chi connectivity index (χ4n) is 4.10. The molecule has 128 valence electrons. The average Bonchev–Trinajstić information content (AvgIpc) is 3.24. The number of nitrogens with zero attached hydrogens (tertiary/aromatic N) is 3. The topological polar surface area (TPSA) is 61.3 Å². The molecule has 0 spiro atoms. The summed E-state index contributed by atoms with van der Waals surface area (Å²) in [4.78, 5) is 32.0. The number of imidazole rings is 1. The lowest BCUT2D eigenvalue weighted by Gasteiger charge is -2.38.